The van der Waals surface area contributed by atoms with E-state index in [2.05, 4.69) is 35.4 Å². The molecule has 1 amide bonds. The van der Waals surface area contributed by atoms with Crippen molar-refractivity contribution in [1.82, 2.24) is 9.88 Å². The Kier molecular flexibility index (Phi) is 6.38. The summed E-state index contributed by atoms with van der Waals surface area (Å²) >= 11 is 0. The van der Waals surface area contributed by atoms with E-state index in [4.69, 9.17) is 0 Å². The third-order valence-corrected chi connectivity index (χ3v) is 6.99. The Morgan fingerprint density at radius 3 is 2.56 bits per heavy atom. The lowest BCUT2D eigenvalue weighted by Crippen LogP contribution is -2.13. The van der Waals surface area contributed by atoms with E-state index in [0.29, 0.717) is 5.57 Å². The summed E-state index contributed by atoms with van der Waals surface area (Å²) in [5.74, 6) is -0.329. The zero-order valence-electron chi connectivity index (χ0n) is 20.0. The second kappa shape index (κ2) is 9.59. The van der Waals surface area contributed by atoms with E-state index in [1.54, 1.807) is 12.1 Å². The van der Waals surface area contributed by atoms with Crippen molar-refractivity contribution in [3.05, 3.63) is 76.4 Å². The van der Waals surface area contributed by atoms with Crippen molar-refractivity contribution < 1.29 is 9.18 Å². The van der Waals surface area contributed by atoms with Crippen LogP contribution in [0.25, 0.3) is 22.8 Å². The summed E-state index contributed by atoms with van der Waals surface area (Å²) in [6, 6.07) is 12.4. The second-order valence-corrected chi connectivity index (χ2v) is 9.72. The zero-order valence-corrected chi connectivity index (χ0v) is 20.0. The third kappa shape index (κ3) is 4.58. The number of fused-ring (bicyclic) bond motifs is 2. The number of aromatic nitrogens is 1. The Bertz CT molecular complexity index is 1240. The predicted molar refractivity (Wildman–Crippen MR) is 137 cm³/mol. The van der Waals surface area contributed by atoms with Crippen LogP contribution in [0.4, 0.5) is 10.1 Å². The second-order valence-electron chi connectivity index (χ2n) is 9.72. The number of rotatable bonds is 6. The molecule has 2 N–H and O–H groups in total. The number of anilines is 1. The van der Waals surface area contributed by atoms with Gasteiger partial charge in [0.15, 0.2) is 0 Å². The number of hydrogen-bond acceptors (Lipinski definition) is 2. The molecule has 2 aromatic carbocycles. The van der Waals surface area contributed by atoms with E-state index in [9.17, 15) is 9.18 Å². The highest BCUT2D eigenvalue weighted by atomic mass is 19.1. The monoisotopic (exact) mass is 457 g/mol. The maximum absolute atomic E-state index is 13.3. The lowest BCUT2D eigenvalue weighted by molar-refractivity contribution is -0.110. The average Bonchev–Trinajstić information content (AvgIpc) is 3.19. The van der Waals surface area contributed by atoms with Crippen molar-refractivity contribution in [3.63, 3.8) is 0 Å². The van der Waals surface area contributed by atoms with Gasteiger partial charge >= 0.3 is 0 Å². The molecule has 0 bridgehead atoms. The van der Waals surface area contributed by atoms with Gasteiger partial charge in [-0.3, -0.25) is 4.79 Å². The highest BCUT2D eigenvalue weighted by Gasteiger charge is 2.26. The van der Waals surface area contributed by atoms with Crippen molar-refractivity contribution in [2.45, 2.75) is 44.9 Å². The average molecular weight is 458 g/mol. The maximum Gasteiger partial charge on any atom is 0.256 e. The van der Waals surface area contributed by atoms with Gasteiger partial charge in [0.05, 0.1) is 5.57 Å². The van der Waals surface area contributed by atoms with Gasteiger partial charge in [0.1, 0.15) is 5.82 Å². The van der Waals surface area contributed by atoms with E-state index in [1.807, 2.05) is 18.2 Å². The van der Waals surface area contributed by atoms with Crippen molar-refractivity contribution in [2.24, 2.45) is 0 Å². The molecule has 0 unspecified atom stereocenters. The Morgan fingerprint density at radius 1 is 1.00 bits per heavy atom. The third-order valence-electron chi connectivity index (χ3n) is 6.99. The molecule has 3 aromatic rings. The molecule has 0 saturated carbocycles. The minimum Gasteiger partial charge on any atom is -0.358 e. The quantitative estimate of drug-likeness (QED) is 0.348. The summed E-state index contributed by atoms with van der Waals surface area (Å²) in [6.45, 7) is 1.05. The first kappa shape index (κ1) is 22.6. The van der Waals surface area contributed by atoms with E-state index >= 15 is 0 Å². The molecule has 1 aliphatic carbocycles. The van der Waals surface area contributed by atoms with Crippen molar-refractivity contribution in [3.8, 4) is 11.1 Å². The number of aromatic amines is 1. The Labute approximate surface area is 200 Å². The standard InChI is InChI=1S/C29H32FN3O/c1-33(2)16-6-8-23-22-7-4-3-5-9-26(22)31-28(23)18-25-24-15-12-20(17-27(24)32-29(25)34)19-10-13-21(30)14-11-19/h10-15,17-18,31H,3-9,16H2,1-2H3,(H,32,34). The Balaban J connectivity index is 1.50. The lowest BCUT2D eigenvalue weighted by atomic mass is 9.97. The van der Waals surface area contributed by atoms with Crippen LogP contribution in [0.5, 0.6) is 0 Å². The summed E-state index contributed by atoms with van der Waals surface area (Å²) in [5, 5.41) is 3.04. The first-order valence-electron chi connectivity index (χ1n) is 12.3. The van der Waals surface area contributed by atoms with Crippen LogP contribution in [0.15, 0.2) is 42.5 Å². The van der Waals surface area contributed by atoms with Gasteiger partial charge in [-0.05, 0) is 106 Å². The Hall–Kier alpha value is -3.18. The number of benzene rings is 2. The molecular formula is C29H32FN3O. The molecule has 34 heavy (non-hydrogen) atoms. The van der Waals surface area contributed by atoms with E-state index < -0.39 is 0 Å². The van der Waals surface area contributed by atoms with Crippen molar-refractivity contribution in [2.75, 3.05) is 26.0 Å². The summed E-state index contributed by atoms with van der Waals surface area (Å²) in [5.41, 5.74) is 9.61. The normalized spacial score (nSPS) is 16.5. The predicted octanol–water partition coefficient (Wildman–Crippen LogP) is 6.08. The summed E-state index contributed by atoms with van der Waals surface area (Å²) in [6.07, 6.45) is 10.1. The molecule has 5 heteroatoms. The number of H-pyrrole nitrogens is 1. The SMILES string of the molecule is CN(C)CCCc1c(C=C2C(=O)Nc3cc(-c4ccc(F)cc4)ccc32)[nH]c2c1CCCCC2. The van der Waals surface area contributed by atoms with Gasteiger partial charge in [-0.25, -0.2) is 4.39 Å². The van der Waals surface area contributed by atoms with E-state index in [1.165, 1.54) is 48.2 Å². The molecule has 1 aromatic heterocycles. The molecule has 0 fully saturated rings. The topological polar surface area (TPSA) is 48.1 Å². The number of halogens is 1. The van der Waals surface area contributed by atoms with Gasteiger partial charge in [-0.15, -0.1) is 0 Å². The van der Waals surface area contributed by atoms with Crippen molar-refractivity contribution in [1.29, 1.82) is 0 Å². The van der Waals surface area contributed by atoms with E-state index in [-0.39, 0.29) is 11.7 Å². The number of amides is 1. The molecular weight excluding hydrogens is 425 g/mol. The number of nitrogens with zero attached hydrogens (tertiary/aromatic N) is 1. The Morgan fingerprint density at radius 2 is 1.76 bits per heavy atom. The van der Waals surface area contributed by atoms with Crippen LogP contribution < -0.4 is 5.32 Å². The van der Waals surface area contributed by atoms with Gasteiger partial charge in [0.25, 0.3) is 5.91 Å². The number of carbonyl (C=O) groups is 1. The molecule has 2 aliphatic rings. The molecule has 0 radical (unpaired) electrons. The largest absolute Gasteiger partial charge is 0.358 e. The maximum atomic E-state index is 13.3. The van der Waals surface area contributed by atoms with Crippen LogP contribution in [0.3, 0.4) is 0 Å². The smallest absolute Gasteiger partial charge is 0.256 e. The van der Waals surface area contributed by atoms with Gasteiger partial charge < -0.3 is 15.2 Å². The minimum atomic E-state index is -0.255. The van der Waals surface area contributed by atoms with Crippen LogP contribution in [0.2, 0.25) is 0 Å². The number of aryl methyl sites for hydroxylation is 1. The molecule has 5 rings (SSSR count). The molecule has 0 saturated heterocycles. The van der Waals surface area contributed by atoms with Gasteiger partial charge in [0, 0.05) is 22.6 Å². The molecule has 176 valence electrons. The van der Waals surface area contributed by atoms with Gasteiger partial charge in [-0.1, -0.05) is 30.7 Å². The first-order valence-corrected chi connectivity index (χ1v) is 12.3. The fourth-order valence-corrected chi connectivity index (χ4v) is 5.24. The number of carbonyl (C=O) groups excluding carboxylic acids is 1. The molecule has 1 aliphatic heterocycles. The minimum absolute atomic E-state index is 0.0738. The molecule has 2 heterocycles. The highest BCUT2D eigenvalue weighted by molar-refractivity contribution is 6.35. The van der Waals surface area contributed by atoms with Crippen LogP contribution in [-0.2, 0) is 24.1 Å². The fraction of sp³-hybridized carbons (Fsp3) is 0.345. The molecule has 0 atom stereocenters. The highest BCUT2D eigenvalue weighted by Crippen LogP contribution is 2.37. The molecule has 4 nitrogen and oxygen atoms in total. The van der Waals surface area contributed by atoms with Crippen molar-refractivity contribution >= 4 is 23.2 Å². The lowest BCUT2D eigenvalue weighted by Gasteiger charge is -2.11. The summed E-state index contributed by atoms with van der Waals surface area (Å²) < 4.78 is 13.3. The van der Waals surface area contributed by atoms with Crippen LogP contribution in [-0.4, -0.2) is 36.4 Å². The van der Waals surface area contributed by atoms with E-state index in [0.717, 1.165) is 60.3 Å². The number of nitrogens with one attached hydrogen (secondary N) is 2. The van der Waals surface area contributed by atoms with Crippen LogP contribution >= 0.6 is 0 Å². The van der Waals surface area contributed by atoms with Gasteiger partial charge in [-0.2, -0.15) is 0 Å². The number of hydrogen-bond donors (Lipinski definition) is 2. The first-order chi connectivity index (χ1) is 16.5. The summed E-state index contributed by atoms with van der Waals surface area (Å²) in [7, 11) is 4.22. The fourth-order valence-electron chi connectivity index (χ4n) is 5.24. The zero-order chi connectivity index (χ0) is 23.7. The molecule has 0 spiro atoms. The summed E-state index contributed by atoms with van der Waals surface area (Å²) in [4.78, 5) is 18.9. The van der Waals surface area contributed by atoms with Crippen LogP contribution in [0.1, 0.15) is 53.8 Å². The van der Waals surface area contributed by atoms with Gasteiger partial charge in [0.2, 0.25) is 0 Å². The van der Waals surface area contributed by atoms with Crippen LogP contribution in [0, 0.1) is 5.82 Å².